The molecule has 0 unspecified atom stereocenters. The van der Waals surface area contributed by atoms with Gasteiger partial charge in [0.25, 0.3) is 0 Å². The Morgan fingerprint density at radius 2 is 2.15 bits per heavy atom. The molecule has 0 spiro atoms. The van der Waals surface area contributed by atoms with Crippen LogP contribution in [0.2, 0.25) is 0 Å². The van der Waals surface area contributed by atoms with Crippen LogP contribution in [0.5, 0.6) is 0 Å². The molecule has 0 saturated heterocycles. The van der Waals surface area contributed by atoms with Gasteiger partial charge in [-0.25, -0.2) is 4.99 Å². The van der Waals surface area contributed by atoms with Gasteiger partial charge in [-0.2, -0.15) is 0 Å². The molecule has 72 valence electrons. The maximum absolute atomic E-state index is 5.83. The van der Waals surface area contributed by atoms with Gasteiger partial charge in [0.15, 0.2) is 0 Å². The van der Waals surface area contributed by atoms with Crippen LogP contribution in [0.25, 0.3) is 0 Å². The standard InChI is InChI=1S/C10H15ClN2/c1-3-13(4-2)10-7-5-6-9(11)8-12-10/h5-6,8H,3-4,7H2,1-2H3. The molecular weight excluding hydrogens is 184 g/mol. The van der Waals surface area contributed by atoms with Crippen LogP contribution in [0.15, 0.2) is 28.4 Å². The van der Waals surface area contributed by atoms with Crippen molar-refractivity contribution < 1.29 is 0 Å². The number of halogens is 1. The van der Waals surface area contributed by atoms with Crippen LogP contribution < -0.4 is 0 Å². The van der Waals surface area contributed by atoms with Crippen molar-refractivity contribution in [2.45, 2.75) is 20.3 Å². The van der Waals surface area contributed by atoms with Crippen LogP contribution in [0.3, 0.4) is 0 Å². The minimum atomic E-state index is 0.696. The first kappa shape index (κ1) is 10.3. The molecule has 0 aromatic carbocycles. The second kappa shape index (κ2) is 5.07. The fraction of sp³-hybridized carbons (Fsp3) is 0.500. The number of rotatable bonds is 2. The lowest BCUT2D eigenvalue weighted by atomic mass is 10.3. The average Bonchev–Trinajstić information content (AvgIpc) is 2.34. The van der Waals surface area contributed by atoms with Crippen molar-refractivity contribution in [3.8, 4) is 0 Å². The minimum Gasteiger partial charge on any atom is -0.360 e. The summed E-state index contributed by atoms with van der Waals surface area (Å²) in [6.07, 6.45) is 6.51. The largest absolute Gasteiger partial charge is 0.360 e. The van der Waals surface area contributed by atoms with Crippen molar-refractivity contribution in [3.63, 3.8) is 0 Å². The maximum Gasteiger partial charge on any atom is 0.108 e. The summed E-state index contributed by atoms with van der Waals surface area (Å²) in [7, 11) is 0. The molecule has 0 fully saturated rings. The van der Waals surface area contributed by atoms with E-state index >= 15 is 0 Å². The molecule has 2 nitrogen and oxygen atoms in total. The van der Waals surface area contributed by atoms with Gasteiger partial charge in [-0.15, -0.1) is 0 Å². The average molecular weight is 199 g/mol. The molecule has 1 rings (SSSR count). The summed E-state index contributed by atoms with van der Waals surface area (Å²) in [5.41, 5.74) is 0. The first-order valence-corrected chi connectivity index (χ1v) is 4.99. The van der Waals surface area contributed by atoms with E-state index in [0.29, 0.717) is 5.03 Å². The number of allylic oxidation sites excluding steroid dienone is 2. The van der Waals surface area contributed by atoms with E-state index in [0.717, 1.165) is 25.3 Å². The third-order valence-electron chi connectivity index (χ3n) is 2.04. The van der Waals surface area contributed by atoms with Crippen molar-refractivity contribution in [1.29, 1.82) is 0 Å². The number of amidine groups is 1. The van der Waals surface area contributed by atoms with Gasteiger partial charge in [0.05, 0.1) is 5.03 Å². The van der Waals surface area contributed by atoms with Gasteiger partial charge in [0.2, 0.25) is 0 Å². The molecule has 1 heterocycles. The van der Waals surface area contributed by atoms with Gasteiger partial charge in [-0.1, -0.05) is 17.7 Å². The van der Waals surface area contributed by atoms with Crippen molar-refractivity contribution in [2.75, 3.05) is 13.1 Å². The zero-order valence-corrected chi connectivity index (χ0v) is 8.88. The van der Waals surface area contributed by atoms with Crippen LogP contribution in [0.4, 0.5) is 0 Å². The van der Waals surface area contributed by atoms with E-state index in [1.165, 1.54) is 0 Å². The van der Waals surface area contributed by atoms with Gasteiger partial charge in [0.1, 0.15) is 5.84 Å². The first-order valence-electron chi connectivity index (χ1n) is 4.61. The molecule has 0 amide bonds. The van der Waals surface area contributed by atoms with Crippen LogP contribution in [0, 0.1) is 0 Å². The lowest BCUT2D eigenvalue weighted by molar-refractivity contribution is 0.459. The van der Waals surface area contributed by atoms with Crippen molar-refractivity contribution >= 4 is 17.4 Å². The first-order chi connectivity index (χ1) is 6.27. The monoisotopic (exact) mass is 198 g/mol. The highest BCUT2D eigenvalue weighted by atomic mass is 35.5. The number of hydrogen-bond acceptors (Lipinski definition) is 2. The maximum atomic E-state index is 5.83. The predicted octanol–water partition coefficient (Wildman–Crippen LogP) is 2.77. The number of nitrogens with zero attached hydrogens (tertiary/aromatic N) is 2. The van der Waals surface area contributed by atoms with E-state index in [1.807, 2.05) is 12.2 Å². The fourth-order valence-electron chi connectivity index (χ4n) is 1.31. The zero-order chi connectivity index (χ0) is 9.68. The quantitative estimate of drug-likeness (QED) is 0.666. The number of hydrogen-bond donors (Lipinski definition) is 0. The van der Waals surface area contributed by atoms with E-state index in [9.17, 15) is 0 Å². The molecule has 0 atom stereocenters. The van der Waals surface area contributed by atoms with E-state index < -0.39 is 0 Å². The lowest BCUT2D eigenvalue weighted by Crippen LogP contribution is -2.29. The third-order valence-corrected chi connectivity index (χ3v) is 2.27. The molecule has 0 aromatic heterocycles. The molecule has 1 aliphatic heterocycles. The molecule has 0 bridgehead atoms. The molecule has 0 aliphatic carbocycles. The summed E-state index contributed by atoms with van der Waals surface area (Å²) in [5.74, 6) is 1.09. The SMILES string of the molecule is CCN(CC)C1=NC=C(Cl)C=CC1. The molecule has 3 heteroatoms. The highest BCUT2D eigenvalue weighted by molar-refractivity contribution is 6.31. The van der Waals surface area contributed by atoms with Crippen LogP contribution >= 0.6 is 11.6 Å². The Morgan fingerprint density at radius 3 is 2.77 bits per heavy atom. The van der Waals surface area contributed by atoms with Crippen molar-refractivity contribution in [3.05, 3.63) is 23.4 Å². The second-order valence-corrected chi connectivity index (χ2v) is 3.27. The Labute approximate surface area is 84.6 Å². The Hall–Kier alpha value is -0.760. The molecule has 0 radical (unpaired) electrons. The fourth-order valence-corrected chi connectivity index (χ4v) is 1.45. The van der Waals surface area contributed by atoms with Gasteiger partial charge in [-0.3, -0.25) is 0 Å². The Kier molecular flexibility index (Phi) is 4.03. The van der Waals surface area contributed by atoms with Crippen molar-refractivity contribution in [1.82, 2.24) is 4.90 Å². The van der Waals surface area contributed by atoms with E-state index in [2.05, 4.69) is 23.7 Å². The summed E-state index contributed by atoms with van der Waals surface area (Å²) >= 11 is 5.83. The van der Waals surface area contributed by atoms with E-state index in [1.54, 1.807) is 6.20 Å². The Bertz CT molecular complexity index is 250. The normalized spacial score (nSPS) is 16.2. The van der Waals surface area contributed by atoms with Crippen LogP contribution in [0.1, 0.15) is 20.3 Å². The van der Waals surface area contributed by atoms with Gasteiger partial charge in [-0.05, 0) is 19.9 Å². The molecular formula is C10H15ClN2. The summed E-state index contributed by atoms with van der Waals surface area (Å²) in [4.78, 5) is 6.56. The van der Waals surface area contributed by atoms with Gasteiger partial charge >= 0.3 is 0 Å². The summed E-state index contributed by atoms with van der Waals surface area (Å²) in [5, 5.41) is 0.696. The highest BCUT2D eigenvalue weighted by Gasteiger charge is 2.06. The smallest absolute Gasteiger partial charge is 0.108 e. The lowest BCUT2D eigenvalue weighted by Gasteiger charge is -2.21. The molecule has 0 saturated carbocycles. The van der Waals surface area contributed by atoms with Crippen LogP contribution in [-0.4, -0.2) is 23.8 Å². The summed E-state index contributed by atoms with van der Waals surface area (Å²) < 4.78 is 0. The summed E-state index contributed by atoms with van der Waals surface area (Å²) in [6, 6.07) is 0. The minimum absolute atomic E-state index is 0.696. The van der Waals surface area contributed by atoms with Crippen LogP contribution in [-0.2, 0) is 0 Å². The third kappa shape index (κ3) is 2.88. The zero-order valence-electron chi connectivity index (χ0n) is 8.13. The summed E-state index contributed by atoms with van der Waals surface area (Å²) in [6.45, 7) is 6.25. The number of aliphatic imine (C=N–C) groups is 1. The topological polar surface area (TPSA) is 15.6 Å². The Balaban J connectivity index is 2.75. The molecule has 0 N–H and O–H groups in total. The van der Waals surface area contributed by atoms with E-state index in [4.69, 9.17) is 11.6 Å². The molecule has 13 heavy (non-hydrogen) atoms. The Morgan fingerprint density at radius 1 is 1.46 bits per heavy atom. The van der Waals surface area contributed by atoms with E-state index in [-0.39, 0.29) is 0 Å². The second-order valence-electron chi connectivity index (χ2n) is 2.84. The highest BCUT2D eigenvalue weighted by Crippen LogP contribution is 2.10. The molecule has 1 aliphatic rings. The predicted molar refractivity (Wildman–Crippen MR) is 58.0 cm³/mol. The van der Waals surface area contributed by atoms with Gasteiger partial charge in [0, 0.05) is 25.7 Å². The van der Waals surface area contributed by atoms with Crippen molar-refractivity contribution in [2.24, 2.45) is 4.99 Å². The van der Waals surface area contributed by atoms with Gasteiger partial charge < -0.3 is 4.90 Å². The molecule has 0 aromatic rings.